The zero-order valence-corrected chi connectivity index (χ0v) is 18.8. The van der Waals surface area contributed by atoms with E-state index in [1.807, 2.05) is 56.3 Å². The highest BCUT2D eigenvalue weighted by atomic mass is 16.5. The third-order valence-corrected chi connectivity index (χ3v) is 5.45. The van der Waals surface area contributed by atoms with Crippen LogP contribution < -0.4 is 14.8 Å². The van der Waals surface area contributed by atoms with Gasteiger partial charge in [0.2, 0.25) is 0 Å². The zero-order chi connectivity index (χ0) is 22.8. The number of rotatable bonds is 6. The molecule has 0 saturated carbocycles. The van der Waals surface area contributed by atoms with E-state index in [2.05, 4.69) is 27.5 Å². The molecular formula is C24H25N5O3. The SMILES string of the molecule is CCc1ccc(NC(=O)c2nnc3c(-c4ccc(OC)c(OC)c4)c(C)nn3c2C)cc1. The van der Waals surface area contributed by atoms with Crippen molar-refractivity contribution in [2.24, 2.45) is 0 Å². The van der Waals surface area contributed by atoms with Gasteiger partial charge >= 0.3 is 0 Å². The Morgan fingerprint density at radius 1 is 1.00 bits per heavy atom. The van der Waals surface area contributed by atoms with Gasteiger partial charge in [0.1, 0.15) is 0 Å². The second kappa shape index (κ2) is 8.66. The summed E-state index contributed by atoms with van der Waals surface area (Å²) in [5, 5.41) is 16.1. The van der Waals surface area contributed by atoms with Gasteiger partial charge in [-0.1, -0.05) is 25.1 Å². The molecule has 0 aliphatic heterocycles. The van der Waals surface area contributed by atoms with Gasteiger partial charge in [-0.05, 0) is 55.7 Å². The van der Waals surface area contributed by atoms with E-state index < -0.39 is 0 Å². The number of amides is 1. The van der Waals surface area contributed by atoms with Crippen LogP contribution in [0.4, 0.5) is 5.69 Å². The number of hydrogen-bond acceptors (Lipinski definition) is 6. The summed E-state index contributed by atoms with van der Waals surface area (Å²) in [5.41, 5.74) is 5.76. The van der Waals surface area contributed by atoms with Crippen LogP contribution in [-0.4, -0.2) is 39.9 Å². The first-order valence-electron chi connectivity index (χ1n) is 10.3. The second-order valence-corrected chi connectivity index (χ2v) is 7.40. The minimum Gasteiger partial charge on any atom is -0.493 e. The van der Waals surface area contributed by atoms with E-state index in [1.54, 1.807) is 18.7 Å². The number of benzene rings is 2. The maximum atomic E-state index is 12.9. The highest BCUT2D eigenvalue weighted by Gasteiger charge is 2.21. The van der Waals surface area contributed by atoms with Crippen LogP contribution in [-0.2, 0) is 6.42 Å². The molecule has 1 N–H and O–H groups in total. The van der Waals surface area contributed by atoms with Crippen molar-refractivity contribution in [3.05, 3.63) is 65.1 Å². The number of nitrogens with zero attached hydrogens (tertiary/aromatic N) is 4. The van der Waals surface area contributed by atoms with Gasteiger partial charge in [-0.3, -0.25) is 4.79 Å². The van der Waals surface area contributed by atoms with Crippen molar-refractivity contribution in [1.82, 2.24) is 19.8 Å². The number of nitrogens with one attached hydrogen (secondary N) is 1. The van der Waals surface area contributed by atoms with Crippen LogP contribution in [0.3, 0.4) is 0 Å². The number of ether oxygens (including phenoxy) is 2. The number of carbonyl (C=O) groups is 1. The van der Waals surface area contributed by atoms with Crippen molar-refractivity contribution in [2.45, 2.75) is 27.2 Å². The Kier molecular flexibility index (Phi) is 5.77. The fourth-order valence-corrected chi connectivity index (χ4v) is 3.66. The summed E-state index contributed by atoms with van der Waals surface area (Å²) in [7, 11) is 3.19. The van der Waals surface area contributed by atoms with Gasteiger partial charge in [0.25, 0.3) is 5.91 Å². The molecule has 4 rings (SSSR count). The molecule has 0 saturated heterocycles. The van der Waals surface area contributed by atoms with E-state index in [4.69, 9.17) is 9.47 Å². The first kappa shape index (κ1) is 21.3. The maximum Gasteiger partial charge on any atom is 0.278 e. The zero-order valence-electron chi connectivity index (χ0n) is 18.8. The van der Waals surface area contributed by atoms with Crippen molar-refractivity contribution < 1.29 is 14.3 Å². The number of hydrogen-bond donors (Lipinski definition) is 1. The molecule has 0 aliphatic rings. The van der Waals surface area contributed by atoms with Crippen LogP contribution in [0, 0.1) is 13.8 Å². The topological polar surface area (TPSA) is 90.6 Å². The van der Waals surface area contributed by atoms with Crippen LogP contribution in [0.15, 0.2) is 42.5 Å². The Balaban J connectivity index is 1.72. The molecule has 0 fully saturated rings. The fraction of sp³-hybridized carbons (Fsp3) is 0.250. The smallest absolute Gasteiger partial charge is 0.278 e. The number of carbonyl (C=O) groups excluding carboxylic acids is 1. The lowest BCUT2D eigenvalue weighted by Crippen LogP contribution is -2.18. The summed E-state index contributed by atoms with van der Waals surface area (Å²) < 4.78 is 12.4. The third kappa shape index (κ3) is 3.75. The molecule has 1 amide bonds. The van der Waals surface area contributed by atoms with E-state index in [-0.39, 0.29) is 11.6 Å². The monoisotopic (exact) mass is 431 g/mol. The summed E-state index contributed by atoms with van der Waals surface area (Å²) in [6, 6.07) is 13.4. The van der Waals surface area contributed by atoms with Crippen molar-refractivity contribution in [3.8, 4) is 22.6 Å². The highest BCUT2D eigenvalue weighted by Crippen LogP contribution is 2.35. The van der Waals surface area contributed by atoms with Crippen LogP contribution >= 0.6 is 0 Å². The van der Waals surface area contributed by atoms with Crippen LogP contribution in [0.5, 0.6) is 11.5 Å². The lowest BCUT2D eigenvalue weighted by Gasteiger charge is -2.10. The molecule has 8 heteroatoms. The molecule has 164 valence electrons. The molecular weight excluding hydrogens is 406 g/mol. The van der Waals surface area contributed by atoms with E-state index in [9.17, 15) is 4.79 Å². The predicted octanol–water partition coefficient (Wildman–Crippen LogP) is 4.24. The molecule has 2 heterocycles. The lowest BCUT2D eigenvalue weighted by atomic mass is 10.1. The Bertz CT molecular complexity index is 1300. The molecule has 0 unspecified atom stereocenters. The minimum atomic E-state index is -0.332. The van der Waals surface area contributed by atoms with Gasteiger partial charge < -0.3 is 14.8 Å². The average Bonchev–Trinajstić information content (AvgIpc) is 3.16. The third-order valence-electron chi connectivity index (χ3n) is 5.45. The number of methoxy groups -OCH3 is 2. The van der Waals surface area contributed by atoms with Crippen molar-refractivity contribution in [3.63, 3.8) is 0 Å². The van der Waals surface area contributed by atoms with E-state index >= 15 is 0 Å². The van der Waals surface area contributed by atoms with Crippen LogP contribution in [0.25, 0.3) is 16.8 Å². The van der Waals surface area contributed by atoms with Crippen molar-refractivity contribution >= 4 is 17.2 Å². The Morgan fingerprint density at radius 2 is 1.72 bits per heavy atom. The van der Waals surface area contributed by atoms with E-state index in [0.29, 0.717) is 28.5 Å². The van der Waals surface area contributed by atoms with E-state index in [1.165, 1.54) is 5.56 Å². The lowest BCUT2D eigenvalue weighted by molar-refractivity contribution is 0.102. The van der Waals surface area contributed by atoms with Gasteiger partial charge in [-0.25, -0.2) is 4.52 Å². The molecule has 0 atom stereocenters. The Morgan fingerprint density at radius 3 is 2.38 bits per heavy atom. The van der Waals surface area contributed by atoms with Crippen LogP contribution in [0.1, 0.15) is 34.4 Å². The quantitative estimate of drug-likeness (QED) is 0.491. The molecule has 4 aromatic rings. The molecule has 32 heavy (non-hydrogen) atoms. The molecule has 0 bridgehead atoms. The first-order chi connectivity index (χ1) is 15.5. The molecule has 0 aliphatic carbocycles. The second-order valence-electron chi connectivity index (χ2n) is 7.40. The summed E-state index contributed by atoms with van der Waals surface area (Å²) >= 11 is 0. The Labute approximate surface area is 186 Å². The van der Waals surface area contributed by atoms with Crippen molar-refractivity contribution in [1.29, 1.82) is 0 Å². The molecule has 0 radical (unpaired) electrons. The molecule has 8 nitrogen and oxygen atoms in total. The number of aryl methyl sites for hydroxylation is 3. The van der Waals surface area contributed by atoms with Gasteiger partial charge in [-0.2, -0.15) is 5.10 Å². The van der Waals surface area contributed by atoms with Crippen LogP contribution in [0.2, 0.25) is 0 Å². The van der Waals surface area contributed by atoms with Gasteiger partial charge in [0.05, 0.1) is 31.2 Å². The standard InChI is InChI=1S/C24H25N5O3/c1-6-16-7-10-18(11-8-16)25-24(30)22-15(3)29-23(27-26-22)21(14(2)28-29)17-9-12-19(31-4)20(13-17)32-5/h7-13H,6H2,1-5H3,(H,25,30). The minimum absolute atomic E-state index is 0.221. The summed E-state index contributed by atoms with van der Waals surface area (Å²) in [5.74, 6) is 0.916. The first-order valence-corrected chi connectivity index (χ1v) is 10.3. The Hall–Kier alpha value is -3.94. The number of fused-ring (bicyclic) bond motifs is 1. The molecule has 2 aromatic heterocycles. The van der Waals surface area contributed by atoms with Gasteiger partial charge in [0, 0.05) is 5.69 Å². The number of aromatic nitrogens is 4. The molecule has 2 aromatic carbocycles. The normalized spacial score (nSPS) is 10.9. The van der Waals surface area contributed by atoms with Gasteiger partial charge in [0.15, 0.2) is 22.8 Å². The summed E-state index contributed by atoms with van der Waals surface area (Å²) in [6.45, 7) is 5.79. The predicted molar refractivity (Wildman–Crippen MR) is 123 cm³/mol. The summed E-state index contributed by atoms with van der Waals surface area (Å²) in [4.78, 5) is 12.9. The van der Waals surface area contributed by atoms with E-state index in [0.717, 1.165) is 23.2 Å². The summed E-state index contributed by atoms with van der Waals surface area (Å²) in [6.07, 6.45) is 0.941. The maximum absolute atomic E-state index is 12.9. The molecule has 0 spiro atoms. The largest absolute Gasteiger partial charge is 0.493 e. The average molecular weight is 431 g/mol. The fourth-order valence-electron chi connectivity index (χ4n) is 3.66. The highest BCUT2D eigenvalue weighted by molar-refractivity contribution is 6.03. The number of anilines is 1. The van der Waals surface area contributed by atoms with Crippen molar-refractivity contribution in [2.75, 3.05) is 19.5 Å². The van der Waals surface area contributed by atoms with Gasteiger partial charge in [-0.15, -0.1) is 10.2 Å².